The third kappa shape index (κ3) is 16.9. The molecule has 46 nitrogen and oxygen atoms in total. The molecular weight excluding hydrogens is 1370 g/mol. The van der Waals surface area contributed by atoms with Crippen molar-refractivity contribution < 1.29 is 226 Å². The lowest BCUT2D eigenvalue weighted by atomic mass is 9.94. The third-order valence-corrected chi connectivity index (χ3v) is 18.3. The van der Waals surface area contributed by atoms with Crippen LogP contribution in [0.25, 0.3) is 0 Å². The van der Waals surface area contributed by atoms with Gasteiger partial charge >= 0.3 is 15.6 Å². The van der Waals surface area contributed by atoms with Crippen molar-refractivity contribution in [2.75, 3.05) is 52.9 Å². The van der Waals surface area contributed by atoms with E-state index in [-0.39, 0.29) is 0 Å². The van der Waals surface area contributed by atoms with Crippen LogP contribution in [-0.2, 0) is 94.0 Å². The molecule has 48 heteroatoms. The highest BCUT2D eigenvalue weighted by Crippen LogP contribution is 2.43. The molecule has 30 saturated heterocycles. The Morgan fingerprint density at radius 2 is 0.333 bits per heavy atom. The Morgan fingerprint density at radius 3 is 0.458 bits per heavy atom. The average Bonchev–Trinajstić information content (AvgIpc) is 0.780. The van der Waals surface area contributed by atoms with Crippen molar-refractivity contribution in [3.63, 3.8) is 0 Å². The summed E-state index contributed by atoms with van der Waals surface area (Å²) >= 11 is 0. The summed E-state index contributed by atoms with van der Waals surface area (Å²) < 4.78 is 124. The van der Waals surface area contributed by atoms with E-state index in [0.717, 1.165) is 0 Å². The van der Waals surface area contributed by atoms with Gasteiger partial charge in [0.15, 0.2) is 50.3 Å². The molecule has 26 N–H and O–H groups in total. The standard InChI is InChI=1S/C48H82O46P2/c49-1-9-33-18(56)26(64)42(80-9)89-35-11(3-51)83-45(29(67)21(35)59)93-39-15(7-77-95(71,72)73)86-48(32(70)24(39)62)92-38-14(6-54)82-44(28(66)20(38)58)90-36-12(4-52)84-46(30(68)22(36)60)94-40-16(8-78-96(74,75)76)85-47(31(69)23(40)61)91-37-13(5-53)81-43(27(65)19(37)57)88-34-10(2-50)79-41(87-33)25(63)17(34)55/h9-70H,1-8H2,(H2,71,72,73)(H2,74,75,76)/t9-,10-,11-,12-,13-,14-,15-,16-,17-,18-,19-,20+,21-,22+,23-,24-,25-,26-,27-,28+,29-,30+,31-,32-,33-,34-,35-,36-,37-,38-,39-,40-,41-,42-,43-,44-,45-,46-,47-,48-/m1/s1. The van der Waals surface area contributed by atoms with Crippen molar-refractivity contribution in [2.45, 2.75) is 246 Å². The molecule has 0 aromatic rings. The maximum Gasteiger partial charge on any atom is 0.469 e. The molecule has 0 radical (unpaired) electrons. The van der Waals surface area contributed by atoms with Gasteiger partial charge in [-0.1, -0.05) is 0 Å². The number of aliphatic hydroxyl groups excluding tert-OH is 22. The van der Waals surface area contributed by atoms with Gasteiger partial charge < -0.3 is 208 Å². The highest BCUT2D eigenvalue weighted by molar-refractivity contribution is 7.46. The third-order valence-electron chi connectivity index (χ3n) is 17.3. The van der Waals surface area contributed by atoms with E-state index in [4.69, 9.17) is 75.8 Å². The Hall–Kier alpha value is -1.30. The van der Waals surface area contributed by atoms with Crippen LogP contribution in [0.5, 0.6) is 0 Å². The summed E-state index contributed by atoms with van der Waals surface area (Å²) in [6, 6.07) is 0. The summed E-state index contributed by atoms with van der Waals surface area (Å²) in [6.07, 6.45) is -88.0. The minimum Gasteiger partial charge on any atom is -0.394 e. The minimum atomic E-state index is -5.50. The van der Waals surface area contributed by atoms with Crippen LogP contribution in [0, 0.1) is 0 Å². The van der Waals surface area contributed by atoms with E-state index in [0.29, 0.717) is 0 Å². The largest absolute Gasteiger partial charge is 0.469 e. The van der Waals surface area contributed by atoms with Gasteiger partial charge in [0.05, 0.1) is 52.9 Å². The number of hydrogen-bond acceptors (Lipinski definition) is 42. The summed E-state index contributed by atoms with van der Waals surface area (Å²) in [5.74, 6) is 0. The van der Waals surface area contributed by atoms with Gasteiger partial charge in [0.25, 0.3) is 0 Å². The van der Waals surface area contributed by atoms with Crippen molar-refractivity contribution in [3.8, 4) is 0 Å². The van der Waals surface area contributed by atoms with Crippen LogP contribution in [0.3, 0.4) is 0 Å². The van der Waals surface area contributed by atoms with Crippen LogP contribution in [0.1, 0.15) is 0 Å². The van der Waals surface area contributed by atoms with Gasteiger partial charge in [0, 0.05) is 0 Å². The number of phosphoric acid groups is 2. The molecule has 16 bridgehead atoms. The van der Waals surface area contributed by atoms with Crippen molar-refractivity contribution in [2.24, 2.45) is 0 Å². The zero-order valence-corrected chi connectivity index (χ0v) is 51.2. The molecule has 0 aromatic heterocycles. The lowest BCUT2D eigenvalue weighted by molar-refractivity contribution is -0.403. The molecule has 560 valence electrons. The number of aliphatic hydroxyl groups is 22. The fraction of sp³-hybridized carbons (Fsp3) is 1.00. The molecule has 0 aliphatic carbocycles. The molecule has 30 fully saturated rings. The van der Waals surface area contributed by atoms with E-state index in [1.165, 1.54) is 0 Å². The van der Waals surface area contributed by atoms with E-state index in [1.807, 2.05) is 0 Å². The second kappa shape index (κ2) is 32.8. The van der Waals surface area contributed by atoms with Gasteiger partial charge in [-0.25, -0.2) is 9.13 Å². The predicted molar refractivity (Wildman–Crippen MR) is 283 cm³/mol. The number of hydrogen-bond donors (Lipinski definition) is 26. The highest BCUT2D eigenvalue weighted by atomic mass is 31.2. The first-order valence-electron chi connectivity index (χ1n) is 29.6. The van der Waals surface area contributed by atoms with Crippen LogP contribution in [-0.4, -0.2) is 430 Å². The molecule has 30 aliphatic rings. The Morgan fingerprint density at radius 1 is 0.208 bits per heavy atom. The van der Waals surface area contributed by atoms with Gasteiger partial charge in [-0.3, -0.25) is 9.05 Å². The van der Waals surface area contributed by atoms with E-state index >= 15 is 0 Å². The molecule has 0 saturated carbocycles. The number of rotatable bonds is 12. The van der Waals surface area contributed by atoms with E-state index in [2.05, 4.69) is 9.05 Å². The molecule has 30 heterocycles. The summed E-state index contributed by atoms with van der Waals surface area (Å²) in [5, 5.41) is 246. The van der Waals surface area contributed by atoms with Crippen molar-refractivity contribution in [1.82, 2.24) is 0 Å². The second-order valence-electron chi connectivity index (χ2n) is 23.7. The molecule has 0 spiro atoms. The van der Waals surface area contributed by atoms with Gasteiger partial charge in [0.2, 0.25) is 0 Å². The molecule has 30 rings (SSSR count). The van der Waals surface area contributed by atoms with E-state index < -0.39 is 314 Å². The molecule has 30 aliphatic heterocycles. The monoisotopic (exact) mass is 1460 g/mol. The first kappa shape index (κ1) is 78.8. The Bertz CT molecular complexity index is 2490. The van der Waals surface area contributed by atoms with Crippen molar-refractivity contribution in [1.29, 1.82) is 0 Å². The van der Waals surface area contributed by atoms with E-state index in [1.54, 1.807) is 0 Å². The first-order valence-corrected chi connectivity index (χ1v) is 32.7. The summed E-state index contributed by atoms with van der Waals surface area (Å²) in [5.41, 5.74) is 0. The quantitative estimate of drug-likeness (QED) is 0.0807. The zero-order chi connectivity index (χ0) is 70.5. The van der Waals surface area contributed by atoms with Crippen LogP contribution >= 0.6 is 15.6 Å². The fourth-order valence-corrected chi connectivity index (χ4v) is 12.9. The topological polar surface area (TPSA) is 726 Å². The molecule has 96 heavy (non-hydrogen) atoms. The summed E-state index contributed by atoms with van der Waals surface area (Å²) in [7, 11) is -11.0. The lowest BCUT2D eigenvalue weighted by Crippen LogP contribution is -2.69. The van der Waals surface area contributed by atoms with Crippen molar-refractivity contribution in [3.05, 3.63) is 0 Å². The Labute approximate surface area is 539 Å². The number of ether oxygens (including phenoxy) is 16. The number of phosphoric ester groups is 2. The SMILES string of the molecule is O=P(O)(O)OC[C@H]1O[C@@H]2O[C@H]3[C@H](O)[C@@H](O)[C@@H](O[C@H]4[C@H](O)[C@@H](O)[C@@H](O[C@H]5[C@H](O)[C@@H](O)[C@@H](O[C@H]6[C@H](O)[C@@H](O)[C@@H](O[C@H]7[C@H](O)[C@@H](O)[C@@H](O[C@H]8[C@@H](O)[C@H](O)[C@@H](O[C@H]9[C@@H](O)[C@H](O)[C@@H](O[C@H]1[C@H](O)[C@H]2O)O[C@@H]9CO)O[C@@H]8CO)O[C@@H]7COP(=O)(O)O)O[C@@H]6CO)O[C@@H]5CO)O[C@@H]4CO)O[C@@H]3CO. The lowest BCUT2D eigenvalue weighted by Gasteiger charge is -2.50. The maximum absolute atomic E-state index is 12.0. The van der Waals surface area contributed by atoms with Gasteiger partial charge in [-0.15, -0.1) is 0 Å². The molecule has 0 amide bonds. The average molecular weight is 1460 g/mol. The fourth-order valence-electron chi connectivity index (χ4n) is 12.2. The summed E-state index contributed by atoms with van der Waals surface area (Å²) in [6.45, 7) is -9.67. The minimum absolute atomic E-state index is 1.15. The van der Waals surface area contributed by atoms with Crippen LogP contribution in [0.15, 0.2) is 0 Å². The van der Waals surface area contributed by atoms with Crippen LogP contribution < -0.4 is 0 Å². The first-order chi connectivity index (χ1) is 45.2. The smallest absolute Gasteiger partial charge is 0.394 e. The van der Waals surface area contributed by atoms with Crippen molar-refractivity contribution >= 4 is 15.6 Å². The zero-order valence-electron chi connectivity index (χ0n) is 49.4. The normalized spacial score (nSPS) is 52.1. The molecule has 0 aromatic carbocycles. The Balaban J connectivity index is 1.01. The second-order valence-corrected chi connectivity index (χ2v) is 26.1. The van der Waals surface area contributed by atoms with Crippen LogP contribution in [0.4, 0.5) is 0 Å². The molecule has 40 atom stereocenters. The molecular formula is C48H82O46P2. The van der Waals surface area contributed by atoms with Crippen LogP contribution in [0.2, 0.25) is 0 Å². The van der Waals surface area contributed by atoms with Gasteiger partial charge in [-0.05, 0) is 0 Å². The predicted octanol–water partition coefficient (Wildman–Crippen LogP) is -17.2. The molecule has 0 unspecified atom stereocenters. The van der Waals surface area contributed by atoms with E-state index in [9.17, 15) is 141 Å². The van der Waals surface area contributed by atoms with Gasteiger partial charge in [0.1, 0.15) is 195 Å². The Kier molecular flexibility index (Phi) is 26.9. The van der Waals surface area contributed by atoms with Gasteiger partial charge in [-0.2, -0.15) is 0 Å². The maximum atomic E-state index is 12.0. The highest BCUT2D eigenvalue weighted by Gasteiger charge is 2.61. The summed E-state index contributed by atoms with van der Waals surface area (Å²) in [4.78, 5) is 38.6.